The van der Waals surface area contributed by atoms with E-state index < -0.39 is 0 Å². The molecule has 1 unspecified atom stereocenters. The molecule has 1 amide bonds. The van der Waals surface area contributed by atoms with Crippen molar-refractivity contribution in [3.63, 3.8) is 0 Å². The predicted octanol–water partition coefficient (Wildman–Crippen LogP) is 2.30. The number of nitrogens with one attached hydrogen (secondary N) is 2. The summed E-state index contributed by atoms with van der Waals surface area (Å²) < 4.78 is 1.32. The fraction of sp³-hybridized carbons (Fsp3) is 0.412. The first-order valence-electron chi connectivity index (χ1n) is 8.62. The number of amides is 1. The van der Waals surface area contributed by atoms with E-state index >= 15 is 0 Å². The molecule has 2 aromatic rings. The monoisotopic (exact) mass is 373 g/mol. The third kappa shape index (κ3) is 4.75. The lowest BCUT2D eigenvalue weighted by atomic mass is 10.1. The molecule has 8 nitrogen and oxygen atoms in total. The van der Waals surface area contributed by atoms with Crippen LogP contribution in [0, 0.1) is 0 Å². The minimum Gasteiger partial charge on any atom is -0.349 e. The Morgan fingerprint density at radius 3 is 2.77 bits per heavy atom. The Labute approximate surface area is 156 Å². The van der Waals surface area contributed by atoms with Gasteiger partial charge in [-0.3, -0.25) is 4.79 Å². The van der Waals surface area contributed by atoms with Crippen molar-refractivity contribution in [3.05, 3.63) is 35.9 Å². The van der Waals surface area contributed by atoms with Crippen molar-refractivity contribution >= 4 is 29.3 Å². The summed E-state index contributed by atoms with van der Waals surface area (Å²) in [5, 5.41) is 15.7. The maximum absolute atomic E-state index is 12.2. The molecule has 3 rings (SSSR count). The molecule has 26 heavy (non-hydrogen) atoms. The van der Waals surface area contributed by atoms with Crippen LogP contribution in [0.1, 0.15) is 44.2 Å². The Balaban J connectivity index is 1.50. The van der Waals surface area contributed by atoms with E-state index in [2.05, 4.69) is 26.0 Å². The maximum Gasteiger partial charge on any atom is 0.264 e. The average Bonchev–Trinajstić information content (AvgIpc) is 3.29. The Bertz CT molecular complexity index is 767. The topological polar surface area (TPSA) is 110 Å². The second-order valence-corrected chi connectivity index (χ2v) is 7.10. The zero-order valence-electron chi connectivity index (χ0n) is 14.7. The van der Waals surface area contributed by atoms with E-state index in [1.54, 1.807) is 0 Å². The van der Waals surface area contributed by atoms with Gasteiger partial charge in [0.25, 0.3) is 5.95 Å². The molecule has 138 valence electrons. The largest absolute Gasteiger partial charge is 0.349 e. The standard InChI is InChI=1S/C17H23N7OS/c1-12(13-7-3-2-4-8-13)19-15(25)11-26-17-23-22-16(24(17)18)21-20-14-9-5-6-10-14/h2-4,7-8,12H,5-6,9-11,18H2,1H3,(H,19,25)(H,21,22). The average molecular weight is 373 g/mol. The summed E-state index contributed by atoms with van der Waals surface area (Å²) in [7, 11) is 0. The number of thioether (sulfide) groups is 1. The molecule has 0 bridgehead atoms. The minimum absolute atomic E-state index is 0.0560. The van der Waals surface area contributed by atoms with Gasteiger partial charge in [-0.2, -0.15) is 5.10 Å². The lowest BCUT2D eigenvalue weighted by molar-refractivity contribution is -0.119. The first-order valence-corrected chi connectivity index (χ1v) is 9.61. The van der Waals surface area contributed by atoms with E-state index in [0.29, 0.717) is 11.1 Å². The van der Waals surface area contributed by atoms with Gasteiger partial charge in [-0.15, -0.1) is 10.2 Å². The molecule has 0 saturated heterocycles. The molecule has 1 atom stereocenters. The van der Waals surface area contributed by atoms with Gasteiger partial charge in [0.2, 0.25) is 11.1 Å². The van der Waals surface area contributed by atoms with Gasteiger partial charge < -0.3 is 11.2 Å². The van der Waals surface area contributed by atoms with Crippen LogP contribution in [0.2, 0.25) is 0 Å². The van der Waals surface area contributed by atoms with Crippen LogP contribution in [0.3, 0.4) is 0 Å². The van der Waals surface area contributed by atoms with Crippen molar-refractivity contribution in [1.29, 1.82) is 0 Å². The molecule has 9 heteroatoms. The lowest BCUT2D eigenvalue weighted by Gasteiger charge is -2.13. The molecule has 1 aromatic heterocycles. The Morgan fingerprint density at radius 2 is 2.04 bits per heavy atom. The molecule has 1 saturated carbocycles. The number of hydrogen-bond acceptors (Lipinski definition) is 7. The van der Waals surface area contributed by atoms with Gasteiger partial charge >= 0.3 is 0 Å². The summed E-state index contributed by atoms with van der Waals surface area (Å²) in [6.45, 7) is 1.95. The lowest BCUT2D eigenvalue weighted by Crippen LogP contribution is -2.28. The first-order chi connectivity index (χ1) is 12.6. The molecule has 1 aliphatic carbocycles. The maximum atomic E-state index is 12.2. The van der Waals surface area contributed by atoms with E-state index in [9.17, 15) is 4.79 Å². The van der Waals surface area contributed by atoms with Gasteiger partial charge in [-0.05, 0) is 38.2 Å². The molecule has 4 N–H and O–H groups in total. The molecule has 1 heterocycles. The number of aromatic nitrogens is 3. The molecule has 0 radical (unpaired) electrons. The van der Waals surface area contributed by atoms with Crippen LogP contribution >= 0.6 is 11.8 Å². The smallest absolute Gasteiger partial charge is 0.264 e. The number of hydrogen-bond donors (Lipinski definition) is 3. The number of nitrogens with zero attached hydrogens (tertiary/aromatic N) is 4. The molecular weight excluding hydrogens is 350 g/mol. The van der Waals surface area contributed by atoms with Crippen molar-refractivity contribution < 1.29 is 4.79 Å². The SMILES string of the molecule is CC(NC(=O)CSc1nnc(NN=C2CCCC2)n1N)c1ccccc1. The summed E-state index contributed by atoms with van der Waals surface area (Å²) in [5.41, 5.74) is 5.04. The highest BCUT2D eigenvalue weighted by Gasteiger charge is 2.14. The third-order valence-electron chi connectivity index (χ3n) is 4.17. The number of rotatable bonds is 7. The van der Waals surface area contributed by atoms with Gasteiger partial charge in [0.15, 0.2) is 0 Å². The van der Waals surface area contributed by atoms with Crippen LogP contribution in [0.25, 0.3) is 0 Å². The minimum atomic E-state index is -0.0879. The van der Waals surface area contributed by atoms with E-state index in [1.807, 2.05) is 37.3 Å². The van der Waals surface area contributed by atoms with Gasteiger partial charge in [-0.25, -0.2) is 10.1 Å². The number of anilines is 1. The number of carbonyl (C=O) groups excluding carboxylic acids is 1. The summed E-state index contributed by atoms with van der Waals surface area (Å²) in [6.07, 6.45) is 4.36. The normalized spacial score (nSPS) is 14.9. The van der Waals surface area contributed by atoms with Gasteiger partial charge in [0, 0.05) is 5.71 Å². The van der Waals surface area contributed by atoms with Gasteiger partial charge in [0.1, 0.15) is 0 Å². The van der Waals surface area contributed by atoms with Crippen molar-refractivity contribution in [2.45, 2.75) is 43.8 Å². The highest BCUT2D eigenvalue weighted by atomic mass is 32.2. The third-order valence-corrected chi connectivity index (χ3v) is 5.11. The number of carbonyl (C=O) groups is 1. The fourth-order valence-corrected chi connectivity index (χ4v) is 3.38. The molecular formula is C17H23N7OS. The zero-order chi connectivity index (χ0) is 18.4. The van der Waals surface area contributed by atoms with Crippen LogP contribution in [0.15, 0.2) is 40.6 Å². The van der Waals surface area contributed by atoms with Crippen LogP contribution in [0.5, 0.6) is 0 Å². The second-order valence-electron chi connectivity index (χ2n) is 6.16. The molecule has 0 spiro atoms. The summed E-state index contributed by atoms with van der Waals surface area (Å²) in [4.78, 5) is 12.2. The van der Waals surface area contributed by atoms with Crippen molar-refractivity contribution in [3.8, 4) is 0 Å². The Hall–Kier alpha value is -2.55. The van der Waals surface area contributed by atoms with Crippen LogP contribution in [-0.4, -0.2) is 32.2 Å². The van der Waals surface area contributed by atoms with Crippen LogP contribution < -0.4 is 16.6 Å². The Morgan fingerprint density at radius 1 is 1.31 bits per heavy atom. The van der Waals surface area contributed by atoms with Crippen LogP contribution in [0.4, 0.5) is 5.95 Å². The first kappa shape index (κ1) is 18.2. The number of hydrazone groups is 1. The molecule has 1 aliphatic rings. The van der Waals surface area contributed by atoms with Crippen molar-refractivity contribution in [1.82, 2.24) is 20.2 Å². The van der Waals surface area contributed by atoms with E-state index in [1.165, 1.54) is 29.3 Å². The van der Waals surface area contributed by atoms with Gasteiger partial charge in [0.05, 0.1) is 11.8 Å². The number of nitrogen functional groups attached to an aromatic ring is 1. The summed E-state index contributed by atoms with van der Waals surface area (Å²) in [5.74, 6) is 6.46. The van der Waals surface area contributed by atoms with Gasteiger partial charge in [-0.1, -0.05) is 42.1 Å². The quantitative estimate of drug-likeness (QED) is 0.390. The summed E-state index contributed by atoms with van der Waals surface area (Å²) >= 11 is 1.24. The van der Waals surface area contributed by atoms with E-state index in [-0.39, 0.29) is 17.7 Å². The summed E-state index contributed by atoms with van der Waals surface area (Å²) in [6, 6.07) is 9.77. The van der Waals surface area contributed by atoms with Crippen molar-refractivity contribution in [2.24, 2.45) is 5.10 Å². The van der Waals surface area contributed by atoms with E-state index in [0.717, 1.165) is 24.1 Å². The molecule has 0 aliphatic heterocycles. The fourth-order valence-electron chi connectivity index (χ4n) is 2.71. The highest BCUT2D eigenvalue weighted by Crippen LogP contribution is 2.19. The second kappa shape index (κ2) is 8.70. The Kier molecular flexibility index (Phi) is 6.11. The zero-order valence-corrected chi connectivity index (χ0v) is 15.5. The number of nitrogens with two attached hydrogens (primary N) is 1. The van der Waals surface area contributed by atoms with Crippen molar-refractivity contribution in [2.75, 3.05) is 17.0 Å². The molecule has 1 aromatic carbocycles. The predicted molar refractivity (Wildman–Crippen MR) is 103 cm³/mol. The van der Waals surface area contributed by atoms with E-state index in [4.69, 9.17) is 5.84 Å². The van der Waals surface area contributed by atoms with Crippen LogP contribution in [-0.2, 0) is 4.79 Å². The highest BCUT2D eigenvalue weighted by molar-refractivity contribution is 7.99. The molecule has 1 fully saturated rings. The number of benzene rings is 1.